The number of anilines is 1. The van der Waals surface area contributed by atoms with Gasteiger partial charge in [-0.3, -0.25) is 4.99 Å². The van der Waals surface area contributed by atoms with Crippen LogP contribution in [-0.2, 0) is 6.54 Å². The van der Waals surface area contributed by atoms with Gasteiger partial charge in [0.15, 0.2) is 5.96 Å². The lowest BCUT2D eigenvalue weighted by atomic mass is 9.93. The van der Waals surface area contributed by atoms with Gasteiger partial charge in [0, 0.05) is 58.4 Å². The number of likely N-dealkylation sites (tertiary alicyclic amines) is 1. The molecule has 2 aliphatic rings. The fraction of sp³-hybridized carbons (Fsp3) is 0.591. The minimum absolute atomic E-state index is 0. The Hall–Kier alpha value is -1.84. The zero-order valence-corrected chi connectivity index (χ0v) is 20.4. The first kappa shape index (κ1) is 22.8. The second-order valence-corrected chi connectivity index (χ2v) is 8.26. The number of aliphatic imine (C=N–C) groups is 1. The van der Waals surface area contributed by atoms with E-state index >= 15 is 0 Å². The summed E-state index contributed by atoms with van der Waals surface area (Å²) in [6, 6.07) is 4.75. The Morgan fingerprint density at radius 2 is 2.03 bits per heavy atom. The van der Waals surface area contributed by atoms with E-state index in [1.54, 1.807) is 0 Å². The summed E-state index contributed by atoms with van der Waals surface area (Å²) >= 11 is 0. The van der Waals surface area contributed by atoms with Crippen LogP contribution in [0.5, 0.6) is 0 Å². The smallest absolute Gasteiger partial charge is 0.193 e. The van der Waals surface area contributed by atoms with E-state index in [0.29, 0.717) is 12.0 Å². The predicted octanol–water partition coefficient (Wildman–Crippen LogP) is 3.54. The molecule has 2 unspecified atom stereocenters. The van der Waals surface area contributed by atoms with E-state index in [4.69, 9.17) is 0 Å². The zero-order chi connectivity index (χ0) is 20.1. The monoisotopic (exact) mass is 523 g/mol. The summed E-state index contributed by atoms with van der Waals surface area (Å²) in [7, 11) is 1.87. The molecule has 0 saturated carbocycles. The Kier molecular flexibility index (Phi) is 8.35. The maximum atomic E-state index is 4.60. The molecule has 2 fully saturated rings. The molecule has 0 amide bonds. The summed E-state index contributed by atoms with van der Waals surface area (Å²) in [6.45, 7) is 7.31. The van der Waals surface area contributed by atoms with Gasteiger partial charge in [-0.2, -0.15) is 0 Å². The second-order valence-electron chi connectivity index (χ2n) is 8.26. The van der Waals surface area contributed by atoms with Crippen LogP contribution in [0.4, 0.5) is 5.82 Å². The van der Waals surface area contributed by atoms with Gasteiger partial charge in [0.05, 0.1) is 12.4 Å². The molecule has 0 bridgehead atoms. The van der Waals surface area contributed by atoms with Crippen molar-refractivity contribution in [3.8, 4) is 0 Å². The molecule has 164 valence electrons. The van der Waals surface area contributed by atoms with Crippen LogP contribution >= 0.6 is 24.0 Å². The average molecular weight is 523 g/mol. The van der Waals surface area contributed by atoms with Gasteiger partial charge >= 0.3 is 0 Å². The lowest BCUT2D eigenvalue weighted by Crippen LogP contribution is -2.48. The van der Waals surface area contributed by atoms with Crippen molar-refractivity contribution in [3.05, 3.63) is 42.6 Å². The van der Waals surface area contributed by atoms with Crippen LogP contribution in [0.15, 0.2) is 42.0 Å². The van der Waals surface area contributed by atoms with Crippen molar-refractivity contribution in [1.82, 2.24) is 24.8 Å². The van der Waals surface area contributed by atoms with Crippen molar-refractivity contribution in [2.24, 2.45) is 10.9 Å². The molecule has 2 saturated heterocycles. The van der Waals surface area contributed by atoms with Crippen LogP contribution in [0, 0.1) is 5.92 Å². The molecule has 8 heteroatoms. The number of imidazole rings is 1. The molecule has 4 heterocycles. The number of rotatable bonds is 4. The molecular formula is C22H34IN7. The number of pyridine rings is 1. The van der Waals surface area contributed by atoms with E-state index in [0.717, 1.165) is 50.9 Å². The number of aromatic nitrogens is 3. The topological polar surface area (TPSA) is 61.6 Å². The summed E-state index contributed by atoms with van der Waals surface area (Å²) < 4.78 is 2.23. The lowest BCUT2D eigenvalue weighted by Gasteiger charge is -2.39. The minimum Gasteiger partial charge on any atom is -0.357 e. The molecule has 0 aliphatic carbocycles. The van der Waals surface area contributed by atoms with Crippen LogP contribution < -0.4 is 10.2 Å². The summed E-state index contributed by atoms with van der Waals surface area (Å²) in [5, 5.41) is 3.57. The fourth-order valence-electron chi connectivity index (χ4n) is 4.47. The molecule has 0 radical (unpaired) electrons. The molecule has 1 N–H and O–H groups in total. The van der Waals surface area contributed by atoms with E-state index in [1.165, 1.54) is 24.8 Å². The quantitative estimate of drug-likeness (QED) is 0.378. The van der Waals surface area contributed by atoms with Crippen LogP contribution in [0.25, 0.3) is 0 Å². The molecule has 4 rings (SSSR count). The molecule has 30 heavy (non-hydrogen) atoms. The van der Waals surface area contributed by atoms with Gasteiger partial charge in [-0.05, 0) is 49.3 Å². The van der Waals surface area contributed by atoms with Gasteiger partial charge in [0.25, 0.3) is 0 Å². The van der Waals surface area contributed by atoms with E-state index in [2.05, 4.69) is 59.9 Å². The van der Waals surface area contributed by atoms with E-state index in [9.17, 15) is 0 Å². The summed E-state index contributed by atoms with van der Waals surface area (Å²) in [5.74, 6) is 2.70. The first-order valence-corrected chi connectivity index (χ1v) is 10.9. The zero-order valence-electron chi connectivity index (χ0n) is 18.1. The normalized spacial score (nSPS) is 22.5. The SMILES string of the molecule is CN=C(NCc1ccnc(N2CCCCC2)c1)N1CCC(C)C(n2ccnc2)C1.I. The molecule has 0 spiro atoms. The van der Waals surface area contributed by atoms with Gasteiger partial charge in [-0.25, -0.2) is 9.97 Å². The van der Waals surface area contributed by atoms with Crippen molar-refractivity contribution in [2.45, 2.75) is 45.2 Å². The molecule has 0 aromatic carbocycles. The Labute approximate surface area is 197 Å². The first-order chi connectivity index (χ1) is 14.2. The largest absolute Gasteiger partial charge is 0.357 e. The number of nitrogens with one attached hydrogen (secondary N) is 1. The third-order valence-corrected chi connectivity index (χ3v) is 6.28. The molecule has 2 aliphatic heterocycles. The van der Waals surface area contributed by atoms with Crippen LogP contribution in [0.3, 0.4) is 0 Å². The Morgan fingerprint density at radius 3 is 2.77 bits per heavy atom. The summed E-state index contributed by atoms with van der Waals surface area (Å²) in [5.41, 5.74) is 1.25. The third kappa shape index (κ3) is 5.44. The maximum absolute atomic E-state index is 4.60. The Morgan fingerprint density at radius 1 is 1.20 bits per heavy atom. The van der Waals surface area contributed by atoms with Crippen molar-refractivity contribution >= 4 is 35.8 Å². The van der Waals surface area contributed by atoms with Crippen molar-refractivity contribution in [1.29, 1.82) is 0 Å². The average Bonchev–Trinajstić information content (AvgIpc) is 3.31. The second kappa shape index (κ2) is 11.0. The highest BCUT2D eigenvalue weighted by Crippen LogP contribution is 2.27. The number of nitrogens with zero attached hydrogens (tertiary/aromatic N) is 6. The molecule has 7 nitrogen and oxygen atoms in total. The number of piperidine rings is 2. The van der Waals surface area contributed by atoms with Crippen molar-refractivity contribution < 1.29 is 0 Å². The molecule has 2 aromatic rings. The minimum atomic E-state index is 0. The number of halogens is 1. The Balaban J connectivity index is 0.00000256. The highest BCUT2D eigenvalue weighted by Gasteiger charge is 2.28. The fourth-order valence-corrected chi connectivity index (χ4v) is 4.47. The predicted molar refractivity (Wildman–Crippen MR) is 133 cm³/mol. The summed E-state index contributed by atoms with van der Waals surface area (Å²) in [6.07, 6.45) is 12.8. The first-order valence-electron chi connectivity index (χ1n) is 10.9. The Bertz CT molecular complexity index is 802. The number of hydrogen-bond donors (Lipinski definition) is 1. The third-order valence-electron chi connectivity index (χ3n) is 6.28. The molecular weight excluding hydrogens is 489 g/mol. The highest BCUT2D eigenvalue weighted by atomic mass is 127. The highest BCUT2D eigenvalue weighted by molar-refractivity contribution is 14.0. The van der Waals surface area contributed by atoms with E-state index in [1.807, 2.05) is 25.8 Å². The number of hydrogen-bond acceptors (Lipinski definition) is 4. The van der Waals surface area contributed by atoms with Gasteiger partial charge in [0.1, 0.15) is 5.82 Å². The van der Waals surface area contributed by atoms with Gasteiger partial charge < -0.3 is 19.7 Å². The van der Waals surface area contributed by atoms with Gasteiger partial charge in [0.2, 0.25) is 0 Å². The lowest BCUT2D eigenvalue weighted by molar-refractivity contribution is 0.189. The maximum Gasteiger partial charge on any atom is 0.193 e. The molecule has 2 aromatic heterocycles. The van der Waals surface area contributed by atoms with E-state index in [-0.39, 0.29) is 24.0 Å². The van der Waals surface area contributed by atoms with E-state index < -0.39 is 0 Å². The van der Waals surface area contributed by atoms with Crippen molar-refractivity contribution in [3.63, 3.8) is 0 Å². The standard InChI is InChI=1S/C22H33N7.HI/c1-18-7-12-28(16-20(18)29-13-9-24-17-29)22(23-2)26-15-19-6-8-25-21(14-19)27-10-4-3-5-11-27;/h6,8-9,13-14,17-18,20H,3-5,7,10-12,15-16H2,1-2H3,(H,23,26);1H. The number of guanidine groups is 1. The van der Waals surface area contributed by atoms with Gasteiger partial charge in [-0.1, -0.05) is 6.92 Å². The van der Waals surface area contributed by atoms with Crippen LogP contribution in [0.1, 0.15) is 44.2 Å². The summed E-state index contributed by atoms with van der Waals surface area (Å²) in [4.78, 5) is 18.2. The van der Waals surface area contributed by atoms with Gasteiger partial charge in [-0.15, -0.1) is 24.0 Å². The molecule has 2 atom stereocenters. The van der Waals surface area contributed by atoms with Crippen LogP contribution in [-0.4, -0.2) is 58.6 Å². The van der Waals surface area contributed by atoms with Crippen molar-refractivity contribution in [2.75, 3.05) is 38.1 Å². The van der Waals surface area contributed by atoms with Crippen LogP contribution in [0.2, 0.25) is 0 Å².